The van der Waals surface area contributed by atoms with Gasteiger partial charge in [-0.2, -0.15) is 0 Å². The van der Waals surface area contributed by atoms with Gasteiger partial charge >= 0.3 is 0 Å². The minimum atomic E-state index is -0.152. The van der Waals surface area contributed by atoms with Crippen LogP contribution in [0.3, 0.4) is 0 Å². The Morgan fingerprint density at radius 1 is 1.10 bits per heavy atom. The number of carbonyl (C=O) groups is 1. The predicted octanol–water partition coefficient (Wildman–Crippen LogP) is 3.48. The number of nitrogens with two attached hydrogens (primary N) is 2. The first-order valence-corrected chi connectivity index (χ1v) is 9.11. The molecule has 29 heavy (non-hydrogen) atoms. The van der Waals surface area contributed by atoms with E-state index in [2.05, 4.69) is 10.3 Å². The summed E-state index contributed by atoms with van der Waals surface area (Å²) in [4.78, 5) is 15.6. The lowest BCUT2D eigenvalue weighted by molar-refractivity contribution is 0.0946. The van der Waals surface area contributed by atoms with Crippen LogP contribution in [0.4, 0.5) is 0 Å². The zero-order valence-corrected chi connectivity index (χ0v) is 17.9. The van der Waals surface area contributed by atoms with Gasteiger partial charge in [0.25, 0.3) is 5.91 Å². The quantitative estimate of drug-likeness (QED) is 0.431. The van der Waals surface area contributed by atoms with Crippen LogP contribution in [0.2, 0.25) is 0 Å². The van der Waals surface area contributed by atoms with Gasteiger partial charge in [-0.05, 0) is 54.8 Å². The highest BCUT2D eigenvalue weighted by Gasteiger charge is 2.11. The van der Waals surface area contributed by atoms with E-state index in [-0.39, 0.29) is 36.8 Å². The van der Waals surface area contributed by atoms with E-state index in [9.17, 15) is 4.79 Å². The van der Waals surface area contributed by atoms with Crippen LogP contribution >= 0.6 is 24.8 Å². The smallest absolute Gasteiger partial charge is 0.267 e. The average molecular weight is 439 g/mol. The maximum Gasteiger partial charge on any atom is 0.267 e. The maximum absolute atomic E-state index is 12.4. The second-order valence-electron chi connectivity index (χ2n) is 6.61. The van der Waals surface area contributed by atoms with Gasteiger partial charge in [0.05, 0.1) is 7.11 Å². The summed E-state index contributed by atoms with van der Waals surface area (Å²) in [5, 5.41) is 3.87. The highest BCUT2D eigenvalue weighted by atomic mass is 35.5. The molecule has 0 saturated carbocycles. The fraction of sp³-hybridized carbons (Fsp3) is 0.286. The molecule has 1 heterocycles. The van der Waals surface area contributed by atoms with E-state index in [1.165, 1.54) is 0 Å². The Morgan fingerprint density at radius 2 is 1.79 bits per heavy atom. The van der Waals surface area contributed by atoms with Gasteiger partial charge < -0.3 is 26.5 Å². The number of halogens is 2. The summed E-state index contributed by atoms with van der Waals surface area (Å²) in [7, 11) is 1.65. The second-order valence-corrected chi connectivity index (χ2v) is 6.61. The first kappa shape index (κ1) is 24.8. The number of benzene rings is 2. The van der Waals surface area contributed by atoms with Crippen molar-refractivity contribution in [1.82, 2.24) is 10.3 Å². The van der Waals surface area contributed by atoms with Crippen molar-refractivity contribution in [3.8, 4) is 16.9 Å². The van der Waals surface area contributed by atoms with Crippen molar-refractivity contribution < 1.29 is 9.53 Å². The molecule has 3 aromatic rings. The van der Waals surface area contributed by atoms with Crippen molar-refractivity contribution in [3.63, 3.8) is 0 Å². The minimum absolute atomic E-state index is 0. The van der Waals surface area contributed by atoms with E-state index in [4.69, 9.17) is 16.2 Å². The van der Waals surface area contributed by atoms with Crippen molar-refractivity contribution in [2.24, 2.45) is 11.5 Å². The Morgan fingerprint density at radius 3 is 2.45 bits per heavy atom. The van der Waals surface area contributed by atoms with E-state index in [0.717, 1.165) is 40.6 Å². The number of aromatic amines is 1. The Kier molecular flexibility index (Phi) is 9.98. The third-order valence-electron chi connectivity index (χ3n) is 4.59. The summed E-state index contributed by atoms with van der Waals surface area (Å²) in [6, 6.07) is 15.8. The second kappa shape index (κ2) is 11.7. The van der Waals surface area contributed by atoms with Crippen molar-refractivity contribution in [3.05, 3.63) is 54.2 Å². The van der Waals surface area contributed by atoms with Gasteiger partial charge in [-0.3, -0.25) is 4.79 Å². The molecule has 0 spiro atoms. The monoisotopic (exact) mass is 438 g/mol. The van der Waals surface area contributed by atoms with Crippen molar-refractivity contribution >= 4 is 41.6 Å². The number of aromatic nitrogens is 1. The zero-order chi connectivity index (χ0) is 19.2. The molecule has 2 aromatic carbocycles. The molecule has 0 aliphatic carbocycles. The summed E-state index contributed by atoms with van der Waals surface area (Å²) >= 11 is 0. The molecule has 0 fully saturated rings. The lowest BCUT2D eigenvalue weighted by atomic mass is 10.0. The average Bonchev–Trinajstić information content (AvgIpc) is 3.14. The van der Waals surface area contributed by atoms with Crippen molar-refractivity contribution in [2.75, 3.05) is 20.2 Å². The fourth-order valence-corrected chi connectivity index (χ4v) is 3.01. The molecule has 0 saturated heterocycles. The van der Waals surface area contributed by atoms with E-state index in [1.54, 1.807) is 7.11 Å². The predicted molar refractivity (Wildman–Crippen MR) is 123 cm³/mol. The van der Waals surface area contributed by atoms with E-state index in [0.29, 0.717) is 18.8 Å². The number of nitrogens with one attached hydrogen (secondary N) is 2. The number of amides is 1. The first-order chi connectivity index (χ1) is 13.1. The van der Waals surface area contributed by atoms with Crippen molar-refractivity contribution in [2.45, 2.75) is 18.9 Å². The molecule has 6 nitrogen and oxygen atoms in total. The normalized spacial score (nSPS) is 11.3. The molecule has 0 aliphatic rings. The molecule has 1 amide bonds. The molecular formula is C21H28Cl2N4O2. The molecule has 1 aromatic heterocycles. The van der Waals surface area contributed by atoms with E-state index < -0.39 is 0 Å². The number of fused-ring (bicyclic) bond motifs is 1. The first-order valence-electron chi connectivity index (χ1n) is 9.11. The number of hydrogen-bond donors (Lipinski definition) is 4. The molecule has 0 aliphatic heterocycles. The largest absolute Gasteiger partial charge is 0.497 e. The van der Waals surface area contributed by atoms with Gasteiger partial charge in [0, 0.05) is 23.5 Å². The molecule has 158 valence electrons. The Labute approximate surface area is 183 Å². The molecule has 1 atom stereocenters. The van der Waals surface area contributed by atoms with Crippen LogP contribution < -0.4 is 21.5 Å². The van der Waals surface area contributed by atoms with Crippen LogP contribution in [0, 0.1) is 0 Å². The van der Waals surface area contributed by atoms with Crippen LogP contribution in [0.25, 0.3) is 22.0 Å². The Bertz CT molecular complexity index is 913. The van der Waals surface area contributed by atoms with Gasteiger partial charge in [0.2, 0.25) is 0 Å². The molecular weight excluding hydrogens is 411 g/mol. The third-order valence-corrected chi connectivity index (χ3v) is 4.59. The summed E-state index contributed by atoms with van der Waals surface area (Å²) in [6.45, 7) is 1.05. The summed E-state index contributed by atoms with van der Waals surface area (Å²) in [5.41, 5.74) is 15.1. The summed E-state index contributed by atoms with van der Waals surface area (Å²) in [5.74, 6) is 0.670. The molecule has 1 unspecified atom stereocenters. The third kappa shape index (κ3) is 6.37. The minimum Gasteiger partial charge on any atom is -0.497 e. The molecule has 0 bridgehead atoms. The number of carbonyl (C=O) groups excluding carboxylic acids is 1. The van der Waals surface area contributed by atoms with Crippen LogP contribution in [0.1, 0.15) is 23.3 Å². The zero-order valence-electron chi connectivity index (χ0n) is 16.3. The molecule has 0 radical (unpaired) electrons. The SMILES string of the molecule is COc1ccc(-c2ccc3cc(C(=O)NCC(N)CCCN)[nH]c3c2)cc1.Cl.Cl. The topological polar surface area (TPSA) is 106 Å². The van der Waals surface area contributed by atoms with Gasteiger partial charge in [0.15, 0.2) is 0 Å². The van der Waals surface area contributed by atoms with Gasteiger partial charge in [-0.1, -0.05) is 24.3 Å². The standard InChI is InChI=1S/C21H26N4O2.2ClH/c1-27-18-8-6-14(7-9-18)15-4-5-16-12-20(25-19(16)11-15)21(26)24-13-17(23)3-2-10-22;;/h4-9,11-12,17,25H,2-3,10,13,22-23H2,1H3,(H,24,26);2*1H. The molecule has 6 N–H and O–H groups in total. The van der Waals surface area contributed by atoms with Crippen LogP contribution in [-0.2, 0) is 0 Å². The number of methoxy groups -OCH3 is 1. The van der Waals surface area contributed by atoms with Gasteiger partial charge in [-0.25, -0.2) is 0 Å². The Hall–Kier alpha value is -2.25. The van der Waals surface area contributed by atoms with E-state index >= 15 is 0 Å². The molecule has 8 heteroatoms. The number of ether oxygens (including phenoxy) is 1. The number of H-pyrrole nitrogens is 1. The maximum atomic E-state index is 12.4. The van der Waals surface area contributed by atoms with Crippen LogP contribution in [0.5, 0.6) is 5.75 Å². The van der Waals surface area contributed by atoms with Crippen molar-refractivity contribution in [1.29, 1.82) is 0 Å². The van der Waals surface area contributed by atoms with Crippen LogP contribution in [-0.4, -0.2) is 37.1 Å². The Balaban J connectivity index is 0.00000210. The highest BCUT2D eigenvalue weighted by Crippen LogP contribution is 2.26. The summed E-state index contributed by atoms with van der Waals surface area (Å²) < 4.78 is 5.20. The number of hydrogen-bond acceptors (Lipinski definition) is 4. The van der Waals surface area contributed by atoms with E-state index in [1.807, 2.05) is 48.5 Å². The lowest BCUT2D eigenvalue weighted by Crippen LogP contribution is -2.37. The number of rotatable bonds is 8. The fourth-order valence-electron chi connectivity index (χ4n) is 3.01. The summed E-state index contributed by atoms with van der Waals surface area (Å²) in [6.07, 6.45) is 1.66. The van der Waals surface area contributed by atoms with Gasteiger partial charge in [-0.15, -0.1) is 24.8 Å². The lowest BCUT2D eigenvalue weighted by Gasteiger charge is -2.11. The van der Waals surface area contributed by atoms with Crippen LogP contribution in [0.15, 0.2) is 48.5 Å². The molecule has 3 rings (SSSR count). The van der Waals surface area contributed by atoms with Gasteiger partial charge in [0.1, 0.15) is 11.4 Å². The highest BCUT2D eigenvalue weighted by molar-refractivity contribution is 5.98.